The number of carbonyl (C=O) groups is 1. The second-order valence-corrected chi connectivity index (χ2v) is 10.2. The van der Waals surface area contributed by atoms with Crippen molar-refractivity contribution >= 4 is 5.91 Å². The zero-order valence-corrected chi connectivity index (χ0v) is 16.1. The van der Waals surface area contributed by atoms with Gasteiger partial charge in [0, 0.05) is 19.5 Å². The molecule has 0 aromatic rings. The number of hydrogen-bond donors (Lipinski definition) is 1. The number of aliphatic hydroxyl groups excluding tert-OH is 1. The van der Waals surface area contributed by atoms with Crippen molar-refractivity contribution in [3.05, 3.63) is 0 Å². The van der Waals surface area contributed by atoms with Crippen LogP contribution >= 0.6 is 0 Å². The topological polar surface area (TPSA) is 40.5 Å². The molecule has 4 fully saturated rings. The Morgan fingerprint density at radius 2 is 1.79 bits per heavy atom. The summed E-state index contributed by atoms with van der Waals surface area (Å²) in [6.45, 7) is 9.63. The maximum Gasteiger partial charge on any atom is 0.222 e. The Bertz CT molecular complexity index is 548. The minimum atomic E-state index is -0.119. The smallest absolute Gasteiger partial charge is 0.222 e. The van der Waals surface area contributed by atoms with Crippen LogP contribution in [0.2, 0.25) is 0 Å². The molecular formula is C21H35NO2. The average molecular weight is 334 g/mol. The van der Waals surface area contributed by atoms with Crippen molar-refractivity contribution in [2.45, 2.75) is 78.4 Å². The zero-order chi connectivity index (χ0) is 17.4. The lowest BCUT2D eigenvalue weighted by molar-refractivity contribution is -0.171. The second kappa shape index (κ2) is 5.22. The molecule has 0 aromatic carbocycles. The molecule has 1 aliphatic heterocycles. The minimum Gasteiger partial charge on any atom is -0.393 e. The van der Waals surface area contributed by atoms with Gasteiger partial charge in [0.05, 0.1) is 6.10 Å². The van der Waals surface area contributed by atoms with E-state index in [0.717, 1.165) is 38.0 Å². The van der Waals surface area contributed by atoms with Gasteiger partial charge < -0.3 is 10.0 Å². The van der Waals surface area contributed by atoms with Crippen LogP contribution in [-0.2, 0) is 4.79 Å². The lowest BCUT2D eigenvalue weighted by atomic mass is 9.44. The van der Waals surface area contributed by atoms with Crippen LogP contribution in [0.5, 0.6) is 0 Å². The van der Waals surface area contributed by atoms with Crippen LogP contribution in [0.3, 0.4) is 0 Å². The fourth-order valence-corrected chi connectivity index (χ4v) is 7.93. The number of carbonyl (C=O) groups excluding carboxylic acids is 1. The zero-order valence-electron chi connectivity index (χ0n) is 16.1. The van der Waals surface area contributed by atoms with Gasteiger partial charge >= 0.3 is 0 Å². The van der Waals surface area contributed by atoms with Crippen LogP contribution < -0.4 is 0 Å². The Kier molecular flexibility index (Phi) is 3.67. The standard InChI is InChI=1S/C21H35NO2/c1-12-10-15-20(3,9-7-17(24)22(15)5)14-6-8-21(4)16(23)11-13(2)19(21)18(12)14/h12-16,18-19,23H,6-11H2,1-5H3/t12-,13?,14?,15?,16-,18?,19?,20+,21+/m0/s1. The van der Waals surface area contributed by atoms with Crippen LogP contribution in [0.25, 0.3) is 0 Å². The molecule has 4 rings (SSSR count). The summed E-state index contributed by atoms with van der Waals surface area (Å²) >= 11 is 0. The number of aliphatic hydroxyl groups is 1. The highest BCUT2D eigenvalue weighted by molar-refractivity contribution is 5.77. The molecule has 1 heterocycles. The number of amides is 1. The van der Waals surface area contributed by atoms with Crippen LogP contribution in [0, 0.1) is 40.4 Å². The Morgan fingerprint density at radius 1 is 1.08 bits per heavy atom. The number of rotatable bonds is 0. The number of likely N-dealkylation sites (tertiary alicyclic amines) is 1. The summed E-state index contributed by atoms with van der Waals surface area (Å²) in [5, 5.41) is 10.8. The molecule has 24 heavy (non-hydrogen) atoms. The number of nitrogens with zero attached hydrogens (tertiary/aromatic N) is 1. The average Bonchev–Trinajstić information content (AvgIpc) is 2.76. The van der Waals surface area contributed by atoms with E-state index >= 15 is 0 Å². The molecule has 4 aliphatic rings. The van der Waals surface area contributed by atoms with Crippen molar-refractivity contribution in [1.82, 2.24) is 4.90 Å². The highest BCUT2D eigenvalue weighted by Gasteiger charge is 2.64. The predicted molar refractivity (Wildman–Crippen MR) is 95.3 cm³/mol. The van der Waals surface area contributed by atoms with Gasteiger partial charge in [0.1, 0.15) is 0 Å². The minimum absolute atomic E-state index is 0.119. The van der Waals surface area contributed by atoms with Gasteiger partial charge in [-0.3, -0.25) is 4.79 Å². The van der Waals surface area contributed by atoms with E-state index in [0.29, 0.717) is 35.6 Å². The summed E-state index contributed by atoms with van der Waals surface area (Å²) in [5.74, 6) is 3.71. The summed E-state index contributed by atoms with van der Waals surface area (Å²) < 4.78 is 0. The molecule has 3 aliphatic carbocycles. The Labute approximate surface area is 147 Å². The lowest BCUT2D eigenvalue weighted by Crippen LogP contribution is -2.63. The van der Waals surface area contributed by atoms with Gasteiger partial charge in [0.25, 0.3) is 0 Å². The highest BCUT2D eigenvalue weighted by Crippen LogP contribution is 2.67. The van der Waals surface area contributed by atoms with E-state index in [1.807, 2.05) is 7.05 Å². The molecule has 0 aromatic heterocycles. The third kappa shape index (κ3) is 1.97. The molecule has 3 nitrogen and oxygen atoms in total. The van der Waals surface area contributed by atoms with Crippen molar-refractivity contribution < 1.29 is 9.90 Å². The van der Waals surface area contributed by atoms with Crippen molar-refractivity contribution in [2.24, 2.45) is 40.4 Å². The molecule has 3 heteroatoms. The molecule has 1 N–H and O–H groups in total. The molecule has 136 valence electrons. The van der Waals surface area contributed by atoms with Gasteiger partial charge in [-0.25, -0.2) is 0 Å². The fourth-order valence-electron chi connectivity index (χ4n) is 7.93. The number of piperidine rings is 1. The normalized spacial score (nSPS) is 57.3. The Morgan fingerprint density at radius 3 is 2.50 bits per heavy atom. The summed E-state index contributed by atoms with van der Waals surface area (Å²) in [5.41, 5.74) is 0.392. The van der Waals surface area contributed by atoms with E-state index in [-0.39, 0.29) is 16.9 Å². The van der Waals surface area contributed by atoms with Gasteiger partial charge in [-0.2, -0.15) is 0 Å². The van der Waals surface area contributed by atoms with E-state index in [1.54, 1.807) is 0 Å². The predicted octanol–water partition coefficient (Wildman–Crippen LogP) is 3.70. The third-order valence-electron chi connectivity index (χ3n) is 9.20. The van der Waals surface area contributed by atoms with E-state index in [9.17, 15) is 9.90 Å². The molecular weight excluding hydrogens is 298 g/mol. The van der Waals surface area contributed by atoms with E-state index < -0.39 is 0 Å². The van der Waals surface area contributed by atoms with Gasteiger partial charge in [0.2, 0.25) is 5.91 Å². The van der Waals surface area contributed by atoms with Gasteiger partial charge in [-0.15, -0.1) is 0 Å². The summed E-state index contributed by atoms with van der Waals surface area (Å²) in [7, 11) is 2.03. The quantitative estimate of drug-likeness (QED) is 0.734. The van der Waals surface area contributed by atoms with E-state index in [4.69, 9.17) is 0 Å². The largest absolute Gasteiger partial charge is 0.393 e. The van der Waals surface area contributed by atoms with E-state index in [2.05, 4.69) is 32.6 Å². The first-order valence-electron chi connectivity index (χ1n) is 10.1. The molecule has 1 saturated heterocycles. The third-order valence-corrected chi connectivity index (χ3v) is 9.20. The molecule has 0 bridgehead atoms. The summed E-state index contributed by atoms with van der Waals surface area (Å²) in [6.07, 6.45) is 6.20. The molecule has 9 atom stereocenters. The first-order valence-corrected chi connectivity index (χ1v) is 10.1. The van der Waals surface area contributed by atoms with Crippen LogP contribution in [0.4, 0.5) is 0 Å². The Hall–Kier alpha value is -0.570. The second-order valence-electron chi connectivity index (χ2n) is 10.2. The molecule has 0 spiro atoms. The lowest BCUT2D eigenvalue weighted by Gasteiger charge is -2.63. The highest BCUT2D eigenvalue weighted by atomic mass is 16.3. The maximum absolute atomic E-state index is 12.3. The fraction of sp³-hybridized carbons (Fsp3) is 0.952. The van der Waals surface area contributed by atoms with Crippen molar-refractivity contribution in [1.29, 1.82) is 0 Å². The first kappa shape index (κ1) is 16.9. The van der Waals surface area contributed by atoms with Gasteiger partial charge in [-0.05, 0) is 72.5 Å². The van der Waals surface area contributed by atoms with Crippen LogP contribution in [0.1, 0.15) is 66.2 Å². The van der Waals surface area contributed by atoms with E-state index in [1.165, 1.54) is 6.42 Å². The molecule has 5 unspecified atom stereocenters. The van der Waals surface area contributed by atoms with Gasteiger partial charge in [-0.1, -0.05) is 27.7 Å². The SMILES string of the molecule is CC1C[C@H](O)[C@@]2(C)CCC3C(C12)[C@@H](C)CC1N(C)C(=O)CC[C@]31C. The molecule has 0 radical (unpaired) electrons. The van der Waals surface area contributed by atoms with Crippen molar-refractivity contribution in [3.8, 4) is 0 Å². The van der Waals surface area contributed by atoms with Crippen molar-refractivity contribution in [3.63, 3.8) is 0 Å². The van der Waals surface area contributed by atoms with Crippen LogP contribution in [-0.4, -0.2) is 35.1 Å². The van der Waals surface area contributed by atoms with Gasteiger partial charge in [0.15, 0.2) is 0 Å². The Balaban J connectivity index is 1.73. The summed E-state index contributed by atoms with van der Waals surface area (Å²) in [4.78, 5) is 14.4. The van der Waals surface area contributed by atoms with Crippen molar-refractivity contribution in [2.75, 3.05) is 7.05 Å². The summed E-state index contributed by atoms with van der Waals surface area (Å²) in [6, 6.07) is 0.418. The molecule has 1 amide bonds. The number of fused-ring (bicyclic) bond motifs is 5. The first-order chi connectivity index (χ1) is 11.2. The molecule has 3 saturated carbocycles. The maximum atomic E-state index is 12.3. The number of hydrogen-bond acceptors (Lipinski definition) is 2. The van der Waals surface area contributed by atoms with Crippen LogP contribution in [0.15, 0.2) is 0 Å². The monoisotopic (exact) mass is 333 g/mol.